The lowest BCUT2D eigenvalue weighted by molar-refractivity contribution is 0.547. The van der Waals surface area contributed by atoms with Gasteiger partial charge >= 0.3 is 0 Å². The van der Waals surface area contributed by atoms with E-state index in [0.29, 0.717) is 0 Å². The van der Waals surface area contributed by atoms with Crippen molar-refractivity contribution >= 4 is 32.7 Å². The molecule has 2 heterocycles. The predicted molar refractivity (Wildman–Crippen MR) is 73.2 cm³/mol. The quantitative estimate of drug-likeness (QED) is 0.874. The highest BCUT2D eigenvalue weighted by atomic mass is 79.9. The van der Waals surface area contributed by atoms with Gasteiger partial charge in [0.15, 0.2) is 5.82 Å². The van der Waals surface area contributed by atoms with Crippen LogP contribution < -0.4 is 10.2 Å². The summed E-state index contributed by atoms with van der Waals surface area (Å²) in [6, 6.07) is 6.32. The highest BCUT2D eigenvalue weighted by Crippen LogP contribution is 2.28. The third-order valence-electron chi connectivity index (χ3n) is 3.18. The van der Waals surface area contributed by atoms with Crippen LogP contribution in [0.3, 0.4) is 0 Å². The summed E-state index contributed by atoms with van der Waals surface area (Å²) in [5.74, 6) is 1.09. The Morgan fingerprint density at radius 3 is 3.06 bits per heavy atom. The number of rotatable bonds is 1. The standard InChI is InChI=1S/C12H15BrN4/c1-16-11-7-9(13)3-4-10(11)12(15-16)17-6-2-5-14-8-17/h3-4,7,14H,2,5-6,8H2,1H3. The molecule has 4 nitrogen and oxygen atoms in total. The summed E-state index contributed by atoms with van der Waals surface area (Å²) in [4.78, 5) is 2.31. The Balaban J connectivity index is 2.10. The number of aromatic nitrogens is 2. The fourth-order valence-electron chi connectivity index (χ4n) is 2.31. The van der Waals surface area contributed by atoms with E-state index < -0.39 is 0 Å². The molecule has 0 radical (unpaired) electrons. The van der Waals surface area contributed by atoms with Gasteiger partial charge in [-0.1, -0.05) is 15.9 Å². The lowest BCUT2D eigenvalue weighted by Gasteiger charge is -2.27. The summed E-state index contributed by atoms with van der Waals surface area (Å²) in [6.45, 7) is 3.07. The number of nitrogens with zero attached hydrogens (tertiary/aromatic N) is 3. The van der Waals surface area contributed by atoms with Gasteiger partial charge in [0.05, 0.1) is 12.2 Å². The summed E-state index contributed by atoms with van der Waals surface area (Å²) in [5, 5.41) is 9.24. The van der Waals surface area contributed by atoms with Crippen LogP contribution in [0, 0.1) is 0 Å². The van der Waals surface area contributed by atoms with E-state index in [1.165, 1.54) is 17.3 Å². The van der Waals surface area contributed by atoms with E-state index >= 15 is 0 Å². The number of aryl methyl sites for hydroxylation is 1. The average molecular weight is 295 g/mol. The molecule has 1 fully saturated rings. The number of hydrogen-bond donors (Lipinski definition) is 1. The fraction of sp³-hybridized carbons (Fsp3) is 0.417. The van der Waals surface area contributed by atoms with Crippen molar-refractivity contribution in [3.8, 4) is 0 Å². The van der Waals surface area contributed by atoms with E-state index in [4.69, 9.17) is 0 Å². The Bertz CT molecular complexity index is 543. The molecule has 1 aromatic heterocycles. The average Bonchev–Trinajstić information content (AvgIpc) is 2.68. The molecule has 1 aliphatic rings. The Kier molecular flexibility index (Phi) is 2.80. The first-order valence-electron chi connectivity index (χ1n) is 5.83. The van der Waals surface area contributed by atoms with Gasteiger partial charge in [-0.15, -0.1) is 0 Å². The first-order chi connectivity index (χ1) is 8.25. The van der Waals surface area contributed by atoms with E-state index in [1.807, 2.05) is 11.7 Å². The Morgan fingerprint density at radius 1 is 1.41 bits per heavy atom. The Labute approximate surface area is 109 Å². The molecule has 1 N–H and O–H groups in total. The summed E-state index contributed by atoms with van der Waals surface area (Å²) >= 11 is 3.50. The zero-order chi connectivity index (χ0) is 11.8. The van der Waals surface area contributed by atoms with Gasteiger partial charge < -0.3 is 4.90 Å². The molecule has 1 saturated heterocycles. The predicted octanol–water partition coefficient (Wildman–Crippen LogP) is 2.09. The SMILES string of the molecule is Cn1nc(N2CCCNC2)c2ccc(Br)cc21. The molecule has 0 atom stereocenters. The molecule has 90 valence electrons. The van der Waals surface area contributed by atoms with Crippen LogP contribution in [0.5, 0.6) is 0 Å². The molecule has 0 aliphatic carbocycles. The Hall–Kier alpha value is -1.07. The highest BCUT2D eigenvalue weighted by Gasteiger charge is 2.17. The van der Waals surface area contributed by atoms with Crippen LogP contribution in [-0.2, 0) is 7.05 Å². The lowest BCUT2D eigenvalue weighted by atomic mass is 10.2. The van der Waals surface area contributed by atoms with Crippen LogP contribution in [0.15, 0.2) is 22.7 Å². The summed E-state index contributed by atoms with van der Waals surface area (Å²) in [7, 11) is 2.00. The Morgan fingerprint density at radius 2 is 2.29 bits per heavy atom. The lowest BCUT2D eigenvalue weighted by Crippen LogP contribution is -2.41. The van der Waals surface area contributed by atoms with Crippen molar-refractivity contribution < 1.29 is 0 Å². The first kappa shape index (κ1) is 11.0. The molecular formula is C12H15BrN4. The maximum absolute atomic E-state index is 4.64. The maximum Gasteiger partial charge on any atom is 0.159 e. The largest absolute Gasteiger partial charge is 0.342 e. The van der Waals surface area contributed by atoms with Crippen LogP contribution in [0.25, 0.3) is 10.9 Å². The van der Waals surface area contributed by atoms with Gasteiger partial charge in [-0.05, 0) is 31.2 Å². The van der Waals surface area contributed by atoms with Gasteiger partial charge in [-0.25, -0.2) is 0 Å². The zero-order valence-corrected chi connectivity index (χ0v) is 11.4. The van der Waals surface area contributed by atoms with Crippen molar-refractivity contribution in [2.24, 2.45) is 7.05 Å². The monoisotopic (exact) mass is 294 g/mol. The van der Waals surface area contributed by atoms with Crippen molar-refractivity contribution in [3.05, 3.63) is 22.7 Å². The number of anilines is 1. The van der Waals surface area contributed by atoms with Crippen LogP contribution in [0.2, 0.25) is 0 Å². The number of nitrogens with one attached hydrogen (secondary N) is 1. The molecule has 17 heavy (non-hydrogen) atoms. The van der Waals surface area contributed by atoms with Crippen LogP contribution >= 0.6 is 15.9 Å². The van der Waals surface area contributed by atoms with Gasteiger partial charge in [0.2, 0.25) is 0 Å². The topological polar surface area (TPSA) is 33.1 Å². The van der Waals surface area contributed by atoms with E-state index in [0.717, 1.165) is 30.0 Å². The number of benzene rings is 1. The minimum Gasteiger partial charge on any atom is -0.342 e. The molecule has 0 saturated carbocycles. The third-order valence-corrected chi connectivity index (χ3v) is 3.67. The molecular weight excluding hydrogens is 280 g/mol. The zero-order valence-electron chi connectivity index (χ0n) is 9.78. The molecule has 0 spiro atoms. The maximum atomic E-state index is 4.64. The molecule has 2 aromatic rings. The smallest absolute Gasteiger partial charge is 0.159 e. The first-order valence-corrected chi connectivity index (χ1v) is 6.63. The fourth-order valence-corrected chi connectivity index (χ4v) is 2.66. The number of halogens is 1. The molecule has 1 aromatic carbocycles. The summed E-state index contributed by atoms with van der Waals surface area (Å²) < 4.78 is 3.04. The van der Waals surface area contributed by atoms with Crippen molar-refractivity contribution in [2.75, 3.05) is 24.7 Å². The van der Waals surface area contributed by atoms with Gasteiger partial charge in [0.1, 0.15) is 0 Å². The van der Waals surface area contributed by atoms with Crippen molar-refractivity contribution in [2.45, 2.75) is 6.42 Å². The van der Waals surface area contributed by atoms with Gasteiger partial charge in [-0.2, -0.15) is 5.10 Å². The van der Waals surface area contributed by atoms with Gasteiger partial charge in [0, 0.05) is 23.5 Å². The second kappa shape index (κ2) is 4.31. The minimum atomic E-state index is 0.891. The third kappa shape index (κ3) is 1.93. The van der Waals surface area contributed by atoms with Crippen LogP contribution in [0.4, 0.5) is 5.82 Å². The number of hydrogen-bond acceptors (Lipinski definition) is 3. The van der Waals surface area contributed by atoms with Gasteiger partial charge in [0.25, 0.3) is 0 Å². The highest BCUT2D eigenvalue weighted by molar-refractivity contribution is 9.10. The minimum absolute atomic E-state index is 0.891. The molecule has 1 aliphatic heterocycles. The second-order valence-corrected chi connectivity index (χ2v) is 5.30. The normalized spacial score (nSPS) is 16.7. The van der Waals surface area contributed by atoms with Crippen LogP contribution in [-0.4, -0.2) is 29.5 Å². The number of fused-ring (bicyclic) bond motifs is 1. The van der Waals surface area contributed by atoms with E-state index in [2.05, 4.69) is 49.4 Å². The van der Waals surface area contributed by atoms with Gasteiger partial charge in [-0.3, -0.25) is 10.00 Å². The van der Waals surface area contributed by atoms with E-state index in [-0.39, 0.29) is 0 Å². The second-order valence-electron chi connectivity index (χ2n) is 4.38. The van der Waals surface area contributed by atoms with E-state index in [1.54, 1.807) is 0 Å². The van der Waals surface area contributed by atoms with Crippen molar-refractivity contribution in [1.29, 1.82) is 0 Å². The van der Waals surface area contributed by atoms with Crippen molar-refractivity contribution in [1.82, 2.24) is 15.1 Å². The molecule has 0 amide bonds. The molecule has 0 bridgehead atoms. The summed E-state index contributed by atoms with van der Waals surface area (Å²) in [5.41, 5.74) is 1.17. The van der Waals surface area contributed by atoms with E-state index in [9.17, 15) is 0 Å². The molecule has 3 rings (SSSR count). The van der Waals surface area contributed by atoms with Crippen LogP contribution in [0.1, 0.15) is 6.42 Å². The van der Waals surface area contributed by atoms with Crippen molar-refractivity contribution in [3.63, 3.8) is 0 Å². The summed E-state index contributed by atoms with van der Waals surface area (Å²) in [6.07, 6.45) is 1.18. The molecule has 0 unspecified atom stereocenters. The molecule has 5 heteroatoms.